The van der Waals surface area contributed by atoms with Gasteiger partial charge in [-0.1, -0.05) is 0 Å². The van der Waals surface area contributed by atoms with E-state index in [1.807, 2.05) is 0 Å². The zero-order chi connectivity index (χ0) is 31.1. The van der Waals surface area contributed by atoms with E-state index in [0.717, 1.165) is 0 Å². The van der Waals surface area contributed by atoms with Crippen molar-refractivity contribution in [3.63, 3.8) is 0 Å². The van der Waals surface area contributed by atoms with Crippen LogP contribution < -0.4 is 0 Å². The molecule has 0 saturated carbocycles. The summed E-state index contributed by atoms with van der Waals surface area (Å²) in [6, 6.07) is 0. The highest BCUT2D eigenvalue weighted by molar-refractivity contribution is 7.87. The van der Waals surface area contributed by atoms with E-state index >= 15 is 0 Å². The van der Waals surface area contributed by atoms with E-state index in [0.29, 0.717) is 0 Å². The van der Waals surface area contributed by atoms with Crippen LogP contribution in [0.1, 0.15) is 0 Å². The fourth-order valence-electron chi connectivity index (χ4n) is 1.86. The molecule has 0 aliphatic heterocycles. The third-order valence-electron chi connectivity index (χ3n) is 4.11. The van der Waals surface area contributed by atoms with Crippen molar-refractivity contribution in [3.8, 4) is 0 Å². The molecule has 0 heterocycles. The van der Waals surface area contributed by atoms with Crippen molar-refractivity contribution < 1.29 is 111 Å². The number of rotatable bonds is 11. The third kappa shape index (κ3) is 3.93. The first kappa shape index (κ1) is 35.0. The van der Waals surface area contributed by atoms with Crippen molar-refractivity contribution in [2.45, 2.75) is 58.6 Å². The molecule has 0 atom stereocenters. The number of carbonyl (C=O) groups is 1. The third-order valence-corrected chi connectivity index (χ3v) is 5.02. The summed E-state index contributed by atoms with van der Waals surface area (Å²) in [5, 5.41) is -0.433. The van der Waals surface area contributed by atoms with Crippen LogP contribution in [0.4, 0.5) is 87.8 Å². The second kappa shape index (κ2) is 8.24. The molecule has 0 amide bonds. The smallest absolute Gasteiger partial charge is 0.438 e. The summed E-state index contributed by atoms with van der Waals surface area (Å²) in [5.74, 6) is -85.0. The average molecular weight is 626 g/mol. The highest BCUT2D eigenvalue weighted by Crippen LogP contribution is 2.66. The van der Waals surface area contributed by atoms with E-state index in [1.54, 1.807) is 0 Å². The summed E-state index contributed by atoms with van der Waals surface area (Å²) in [6.45, 7) is 0. The van der Waals surface area contributed by atoms with Crippen molar-refractivity contribution in [2.24, 2.45) is 0 Å². The van der Waals surface area contributed by atoms with E-state index in [4.69, 9.17) is 9.66 Å². The van der Waals surface area contributed by atoms with Crippen LogP contribution in [0.5, 0.6) is 0 Å². The fraction of sp³-hybridized carbons (Fsp3) is 0.909. The number of aliphatic carboxylic acids is 1. The first-order chi connectivity index (χ1) is 15.4. The van der Waals surface area contributed by atoms with Gasteiger partial charge in [-0.15, -0.1) is 0 Å². The van der Waals surface area contributed by atoms with Gasteiger partial charge in [0.15, 0.2) is 0 Å². The number of halogens is 20. The summed E-state index contributed by atoms with van der Waals surface area (Å²) >= 11 is 0. The Hall–Kier alpha value is -2.02. The summed E-state index contributed by atoms with van der Waals surface area (Å²) in [6.07, 6.45) is 0. The first-order valence-electron chi connectivity index (χ1n) is 7.43. The fourth-order valence-corrected chi connectivity index (χ4v) is 2.31. The standard InChI is InChI=1S/C11H2F20O5S/c12-2(13,1(32)33)3(14,15)4(16,17)5(18,19)6(20,21)7(22,23)8(24,25)9(26,27)10(28,29)11(30,31)37(34,35)36/h(H,32,33)(H,34,35,36). The minimum atomic E-state index is -9.41. The van der Waals surface area contributed by atoms with Gasteiger partial charge in [0, 0.05) is 0 Å². The lowest BCUT2D eigenvalue weighted by molar-refractivity contribution is -0.465. The maximum absolute atomic E-state index is 13.4. The molecule has 0 fully saturated rings. The minimum absolute atomic E-state index is 4.59. The summed E-state index contributed by atoms with van der Waals surface area (Å²) in [7, 11) is -8.12. The normalized spacial score (nSPS) is 16.7. The molecule has 0 spiro atoms. The Morgan fingerprint density at radius 1 is 0.432 bits per heavy atom. The number of carboxylic acids is 1. The van der Waals surface area contributed by atoms with Gasteiger partial charge in [-0.3, -0.25) is 4.55 Å². The van der Waals surface area contributed by atoms with Crippen LogP contribution in [0.2, 0.25) is 0 Å². The number of carboxylic acid groups (broad SMARTS) is 1. The lowest BCUT2D eigenvalue weighted by atomic mass is 9.86. The van der Waals surface area contributed by atoms with Gasteiger partial charge in [0.2, 0.25) is 0 Å². The number of alkyl halides is 20. The molecule has 26 heteroatoms. The molecule has 0 aromatic heterocycles. The van der Waals surface area contributed by atoms with Crippen molar-refractivity contribution >= 4 is 16.1 Å². The van der Waals surface area contributed by atoms with Crippen LogP contribution in [-0.2, 0) is 14.9 Å². The first-order valence-corrected chi connectivity index (χ1v) is 8.87. The molecule has 222 valence electrons. The highest BCUT2D eigenvalue weighted by Gasteiger charge is 2.98. The van der Waals surface area contributed by atoms with E-state index in [1.165, 1.54) is 0 Å². The predicted molar refractivity (Wildman–Crippen MR) is 68.7 cm³/mol. The van der Waals surface area contributed by atoms with Gasteiger partial charge in [-0.2, -0.15) is 96.2 Å². The maximum Gasteiger partial charge on any atom is 0.438 e. The molecule has 0 aliphatic rings. The zero-order valence-corrected chi connectivity index (χ0v) is 16.4. The quantitative estimate of drug-likeness (QED) is 0.241. The summed E-state index contributed by atoms with van der Waals surface area (Å²) in [4.78, 5) is 9.88. The Kier molecular flexibility index (Phi) is 7.79. The topological polar surface area (TPSA) is 91.7 Å². The molecule has 0 aromatic rings. The molecule has 0 aromatic carbocycles. The Bertz CT molecular complexity index is 1010. The molecule has 0 saturated heterocycles. The van der Waals surface area contributed by atoms with Crippen molar-refractivity contribution in [1.29, 1.82) is 0 Å². The Balaban J connectivity index is 7.30. The predicted octanol–water partition coefficient (Wildman–Crippen LogP) is 5.27. The minimum Gasteiger partial charge on any atom is -0.477 e. The molecular formula is C11H2F20O5S. The van der Waals surface area contributed by atoms with Crippen LogP contribution in [0.3, 0.4) is 0 Å². The number of hydrogen-bond donors (Lipinski definition) is 2. The molecule has 5 nitrogen and oxygen atoms in total. The van der Waals surface area contributed by atoms with E-state index < -0.39 is 74.6 Å². The Labute approximate surface area is 186 Å². The Morgan fingerprint density at radius 2 is 0.622 bits per heavy atom. The SMILES string of the molecule is O=C(O)C(F)(F)C(F)(F)C(F)(F)C(F)(F)C(F)(F)C(F)(F)C(F)(F)C(F)(F)C(F)(F)C(F)(F)S(=O)(=O)O. The maximum atomic E-state index is 13.4. The molecule has 2 N–H and O–H groups in total. The summed E-state index contributed by atoms with van der Waals surface area (Å²) in [5.41, 5.74) is 0. The molecule has 0 bridgehead atoms. The lowest BCUT2D eigenvalue weighted by Gasteiger charge is -2.44. The number of hydrogen-bond acceptors (Lipinski definition) is 3. The second-order valence-corrected chi connectivity index (χ2v) is 7.93. The van der Waals surface area contributed by atoms with Gasteiger partial charge in [0.05, 0.1) is 0 Å². The molecule has 0 radical (unpaired) electrons. The van der Waals surface area contributed by atoms with Crippen molar-refractivity contribution in [1.82, 2.24) is 0 Å². The second-order valence-electron chi connectivity index (χ2n) is 6.47. The average Bonchev–Trinajstić information content (AvgIpc) is 2.65. The summed E-state index contributed by atoms with van der Waals surface area (Å²) < 4.78 is 292. The van der Waals surface area contributed by atoms with Gasteiger partial charge in [0.1, 0.15) is 0 Å². The largest absolute Gasteiger partial charge is 0.477 e. The van der Waals surface area contributed by atoms with E-state index in [-0.39, 0.29) is 0 Å². The molecule has 0 aliphatic carbocycles. The van der Waals surface area contributed by atoms with Crippen LogP contribution in [0, 0.1) is 0 Å². The van der Waals surface area contributed by atoms with Crippen LogP contribution in [-0.4, -0.2) is 82.6 Å². The monoisotopic (exact) mass is 626 g/mol. The van der Waals surface area contributed by atoms with E-state index in [2.05, 4.69) is 0 Å². The van der Waals surface area contributed by atoms with Gasteiger partial charge >= 0.3 is 74.6 Å². The van der Waals surface area contributed by atoms with E-state index in [9.17, 15) is 101 Å². The van der Waals surface area contributed by atoms with Gasteiger partial charge in [-0.25, -0.2) is 4.79 Å². The molecule has 0 unspecified atom stereocenters. The Morgan fingerprint density at radius 3 is 0.811 bits per heavy atom. The van der Waals surface area contributed by atoms with Gasteiger partial charge in [-0.05, 0) is 0 Å². The van der Waals surface area contributed by atoms with Crippen LogP contribution >= 0.6 is 0 Å². The van der Waals surface area contributed by atoms with Crippen molar-refractivity contribution in [3.05, 3.63) is 0 Å². The molecule has 37 heavy (non-hydrogen) atoms. The molecule has 0 rings (SSSR count). The zero-order valence-electron chi connectivity index (χ0n) is 15.6. The van der Waals surface area contributed by atoms with Crippen molar-refractivity contribution in [2.75, 3.05) is 0 Å². The van der Waals surface area contributed by atoms with Crippen LogP contribution in [0.25, 0.3) is 0 Å². The van der Waals surface area contributed by atoms with Gasteiger partial charge < -0.3 is 5.11 Å². The highest BCUT2D eigenvalue weighted by atomic mass is 32.2. The molecular weight excluding hydrogens is 624 g/mol. The van der Waals surface area contributed by atoms with Crippen LogP contribution in [0.15, 0.2) is 0 Å². The lowest BCUT2D eigenvalue weighted by Crippen LogP contribution is -2.77. The van der Waals surface area contributed by atoms with Gasteiger partial charge in [0.25, 0.3) is 0 Å².